The minimum Gasteiger partial charge on any atom is -0.386 e. The van der Waals surface area contributed by atoms with Gasteiger partial charge in [0.05, 0.1) is 5.60 Å². The fourth-order valence-electron chi connectivity index (χ4n) is 7.23. The zero-order chi connectivity index (χ0) is 16.5. The number of carbonyl (C=O) groups is 1. The third kappa shape index (κ3) is 2.06. The first-order valence-electron chi connectivity index (χ1n) is 9.72. The lowest BCUT2D eigenvalue weighted by atomic mass is 9.44. The van der Waals surface area contributed by atoms with Crippen molar-refractivity contribution in [1.82, 2.24) is 0 Å². The molecule has 0 aromatic rings. The minimum atomic E-state index is -0.635. The number of fused-ring (bicyclic) bond motifs is 5. The molecule has 1 N–H and O–H groups in total. The number of rotatable bonds is 1. The van der Waals surface area contributed by atoms with Gasteiger partial charge in [-0.3, -0.25) is 4.79 Å². The molecule has 0 spiro atoms. The molecular weight excluding hydrogens is 284 g/mol. The van der Waals surface area contributed by atoms with Crippen molar-refractivity contribution in [2.45, 2.75) is 77.2 Å². The molecule has 4 aliphatic carbocycles. The van der Waals surface area contributed by atoms with Crippen LogP contribution in [0.5, 0.6) is 0 Å². The van der Waals surface area contributed by atoms with Crippen molar-refractivity contribution < 1.29 is 9.90 Å². The molecule has 0 radical (unpaired) electrons. The number of carbonyl (C=O) groups excluding carboxylic acids is 1. The lowest BCUT2D eigenvalue weighted by Gasteiger charge is -2.61. The summed E-state index contributed by atoms with van der Waals surface area (Å²) in [6.07, 6.45) is 11.5. The van der Waals surface area contributed by atoms with Crippen LogP contribution in [-0.4, -0.2) is 16.5 Å². The van der Waals surface area contributed by atoms with Crippen molar-refractivity contribution in [2.75, 3.05) is 0 Å². The molecule has 0 aromatic heterocycles. The summed E-state index contributed by atoms with van der Waals surface area (Å²) >= 11 is 0. The van der Waals surface area contributed by atoms with Gasteiger partial charge >= 0.3 is 0 Å². The van der Waals surface area contributed by atoms with E-state index < -0.39 is 5.60 Å². The van der Waals surface area contributed by atoms with E-state index >= 15 is 0 Å². The molecule has 0 amide bonds. The molecule has 0 bridgehead atoms. The number of ketones is 1. The summed E-state index contributed by atoms with van der Waals surface area (Å²) in [5.41, 5.74) is -0.282. The van der Waals surface area contributed by atoms with Gasteiger partial charge in [-0.05, 0) is 80.5 Å². The van der Waals surface area contributed by atoms with Gasteiger partial charge < -0.3 is 5.11 Å². The Morgan fingerprint density at radius 3 is 2.61 bits per heavy atom. The molecule has 4 saturated carbocycles. The fraction of sp³-hybridized carbons (Fsp3) is 0.857. The normalized spacial score (nSPS) is 55.7. The van der Waals surface area contributed by atoms with Gasteiger partial charge in [-0.1, -0.05) is 19.9 Å². The van der Waals surface area contributed by atoms with Gasteiger partial charge in [0.2, 0.25) is 0 Å². The van der Waals surface area contributed by atoms with E-state index in [1.165, 1.54) is 19.3 Å². The molecule has 0 unspecified atom stereocenters. The maximum Gasteiger partial charge on any atom is 0.139 e. The summed E-state index contributed by atoms with van der Waals surface area (Å²) in [5.74, 6) is 3.31. The Hall–Kier alpha value is -0.630. The summed E-state index contributed by atoms with van der Waals surface area (Å²) in [6.45, 7) is 8.63. The Labute approximate surface area is 140 Å². The van der Waals surface area contributed by atoms with E-state index in [0.717, 1.165) is 50.4 Å². The Bertz CT molecular complexity index is 540. The maximum absolute atomic E-state index is 12.4. The van der Waals surface area contributed by atoms with E-state index in [1.807, 2.05) is 0 Å². The average Bonchev–Trinajstić information content (AvgIpc) is 2.84. The number of hydrogen-bond donors (Lipinski definition) is 1. The minimum absolute atomic E-state index is 0.0130. The van der Waals surface area contributed by atoms with E-state index in [1.54, 1.807) is 6.08 Å². The second kappa shape index (κ2) is 4.94. The van der Waals surface area contributed by atoms with Gasteiger partial charge in [0.15, 0.2) is 0 Å². The third-order valence-electron chi connectivity index (χ3n) is 8.85. The van der Waals surface area contributed by atoms with Crippen LogP contribution in [0.25, 0.3) is 0 Å². The predicted molar refractivity (Wildman–Crippen MR) is 91.9 cm³/mol. The average molecular weight is 316 g/mol. The van der Waals surface area contributed by atoms with E-state index in [2.05, 4.69) is 20.4 Å². The smallest absolute Gasteiger partial charge is 0.139 e. The Kier molecular flexibility index (Phi) is 3.41. The van der Waals surface area contributed by atoms with Crippen LogP contribution >= 0.6 is 0 Å². The first-order chi connectivity index (χ1) is 10.8. The summed E-state index contributed by atoms with van der Waals surface area (Å²) in [4.78, 5) is 12.4. The van der Waals surface area contributed by atoms with Gasteiger partial charge in [0.1, 0.15) is 5.78 Å². The molecule has 2 nitrogen and oxygen atoms in total. The van der Waals surface area contributed by atoms with Gasteiger partial charge in [-0.25, -0.2) is 0 Å². The van der Waals surface area contributed by atoms with Crippen molar-refractivity contribution in [1.29, 1.82) is 0 Å². The van der Waals surface area contributed by atoms with Crippen LogP contribution in [0.15, 0.2) is 12.7 Å². The SMILES string of the molecule is C=C[C@]1(O)CC[C@@]2(C)[C@@H](CC[C@H]3[C@H]4CCC(=O)[C@@]4(C)CC[C@@H]32)C1. The van der Waals surface area contributed by atoms with Crippen LogP contribution in [0.3, 0.4) is 0 Å². The molecule has 4 aliphatic rings. The quantitative estimate of drug-likeness (QED) is 0.722. The molecule has 4 rings (SSSR count). The molecule has 7 atom stereocenters. The predicted octanol–water partition coefficient (Wildman–Crippen LogP) is 4.52. The molecule has 23 heavy (non-hydrogen) atoms. The highest BCUT2D eigenvalue weighted by Crippen LogP contribution is 2.66. The van der Waals surface area contributed by atoms with E-state index in [9.17, 15) is 9.90 Å². The van der Waals surface area contributed by atoms with Crippen LogP contribution in [-0.2, 0) is 4.79 Å². The summed E-state index contributed by atoms with van der Waals surface area (Å²) < 4.78 is 0. The van der Waals surface area contributed by atoms with E-state index in [4.69, 9.17) is 0 Å². The molecule has 4 fully saturated rings. The van der Waals surface area contributed by atoms with Crippen molar-refractivity contribution in [3.8, 4) is 0 Å². The monoisotopic (exact) mass is 316 g/mol. The van der Waals surface area contributed by atoms with Gasteiger partial charge in [0, 0.05) is 11.8 Å². The lowest BCUT2D eigenvalue weighted by Crippen LogP contribution is -2.55. The lowest BCUT2D eigenvalue weighted by molar-refractivity contribution is -0.147. The van der Waals surface area contributed by atoms with Crippen LogP contribution < -0.4 is 0 Å². The third-order valence-corrected chi connectivity index (χ3v) is 8.85. The Morgan fingerprint density at radius 1 is 1.09 bits per heavy atom. The summed E-state index contributed by atoms with van der Waals surface area (Å²) in [5, 5.41) is 10.7. The van der Waals surface area contributed by atoms with E-state index in [-0.39, 0.29) is 5.41 Å². The van der Waals surface area contributed by atoms with E-state index in [0.29, 0.717) is 23.0 Å². The highest BCUT2D eigenvalue weighted by Gasteiger charge is 2.60. The topological polar surface area (TPSA) is 37.3 Å². The van der Waals surface area contributed by atoms with Gasteiger partial charge in [0.25, 0.3) is 0 Å². The van der Waals surface area contributed by atoms with Crippen LogP contribution in [0, 0.1) is 34.5 Å². The number of aliphatic hydroxyl groups is 1. The standard InChI is InChI=1S/C21H32O2/c1-4-21(23)12-11-19(2)14(13-21)5-6-15-16-7-8-18(22)20(16,3)10-9-17(15)19/h4,14-17,23H,1,5-13H2,2-3H3/t14-,15-,16+,17-,19-,20-,21-/m0/s1. The molecule has 2 heteroatoms. The molecule has 128 valence electrons. The van der Waals surface area contributed by atoms with Gasteiger partial charge in [-0.2, -0.15) is 0 Å². The number of Topliss-reactive ketones (excluding diaryl/α,β-unsaturated/α-hetero) is 1. The first-order valence-corrected chi connectivity index (χ1v) is 9.72. The van der Waals surface area contributed by atoms with Gasteiger partial charge in [-0.15, -0.1) is 6.58 Å². The maximum atomic E-state index is 12.4. The highest BCUT2D eigenvalue weighted by molar-refractivity contribution is 5.87. The number of hydrogen-bond acceptors (Lipinski definition) is 2. The van der Waals surface area contributed by atoms with Crippen LogP contribution in [0.2, 0.25) is 0 Å². The van der Waals surface area contributed by atoms with Crippen molar-refractivity contribution in [2.24, 2.45) is 34.5 Å². The molecular formula is C21H32O2. The van der Waals surface area contributed by atoms with Crippen LogP contribution in [0.1, 0.15) is 71.6 Å². The second-order valence-corrected chi connectivity index (χ2v) is 9.59. The molecule has 0 saturated heterocycles. The zero-order valence-corrected chi connectivity index (χ0v) is 14.8. The first kappa shape index (κ1) is 15.9. The summed E-state index contributed by atoms with van der Waals surface area (Å²) in [7, 11) is 0. The Balaban J connectivity index is 1.62. The highest BCUT2D eigenvalue weighted by atomic mass is 16.3. The van der Waals surface area contributed by atoms with Crippen molar-refractivity contribution in [3.05, 3.63) is 12.7 Å². The molecule has 0 aromatic carbocycles. The van der Waals surface area contributed by atoms with Crippen molar-refractivity contribution in [3.63, 3.8) is 0 Å². The van der Waals surface area contributed by atoms with Crippen LogP contribution in [0.4, 0.5) is 0 Å². The fourth-order valence-corrected chi connectivity index (χ4v) is 7.23. The Morgan fingerprint density at radius 2 is 1.87 bits per heavy atom. The zero-order valence-electron chi connectivity index (χ0n) is 14.8. The second-order valence-electron chi connectivity index (χ2n) is 9.59. The largest absolute Gasteiger partial charge is 0.386 e. The molecule has 0 heterocycles. The molecule has 0 aliphatic heterocycles. The summed E-state index contributed by atoms with van der Waals surface area (Å²) in [6, 6.07) is 0. The van der Waals surface area contributed by atoms with Crippen molar-refractivity contribution >= 4 is 5.78 Å².